The molecule has 1 atom stereocenters. The molecule has 3 N–H and O–H groups in total. The summed E-state index contributed by atoms with van der Waals surface area (Å²) in [5.74, 6) is -1.23. The van der Waals surface area contributed by atoms with E-state index in [1.807, 2.05) is 0 Å². The van der Waals surface area contributed by atoms with Gasteiger partial charge in [-0.2, -0.15) is 4.31 Å². The van der Waals surface area contributed by atoms with Crippen molar-refractivity contribution < 1.29 is 23.4 Å². The molecule has 7 nitrogen and oxygen atoms in total. The molecule has 20 heavy (non-hydrogen) atoms. The van der Waals surface area contributed by atoms with Crippen molar-refractivity contribution in [3.8, 4) is 0 Å². The van der Waals surface area contributed by atoms with Gasteiger partial charge in [0.2, 0.25) is 10.0 Å². The largest absolute Gasteiger partial charge is 0.477 e. The van der Waals surface area contributed by atoms with Crippen molar-refractivity contribution in [3.63, 3.8) is 0 Å². The summed E-state index contributed by atoms with van der Waals surface area (Å²) >= 11 is 0. The molecule has 0 amide bonds. The third-order valence-electron chi connectivity index (χ3n) is 3.69. The fourth-order valence-electron chi connectivity index (χ4n) is 2.63. The lowest BCUT2D eigenvalue weighted by atomic mass is 10.1. The highest BCUT2D eigenvalue weighted by atomic mass is 32.2. The van der Waals surface area contributed by atoms with E-state index >= 15 is 0 Å². The molecule has 0 radical (unpaired) electrons. The summed E-state index contributed by atoms with van der Waals surface area (Å²) in [6.45, 7) is 3.61. The van der Waals surface area contributed by atoms with Gasteiger partial charge in [0, 0.05) is 31.0 Å². The first-order valence-corrected chi connectivity index (χ1v) is 7.76. The molecule has 8 heteroatoms. The highest BCUT2D eigenvalue weighted by Crippen LogP contribution is 2.29. The quantitative estimate of drug-likeness (QED) is 0.742. The second-order valence-electron chi connectivity index (χ2n) is 5.08. The Bertz CT molecular complexity index is 635. The number of H-pyrrole nitrogens is 1. The Morgan fingerprint density at radius 2 is 2.10 bits per heavy atom. The monoisotopic (exact) mass is 302 g/mol. The zero-order chi connectivity index (χ0) is 15.1. The first-order valence-electron chi connectivity index (χ1n) is 6.32. The van der Waals surface area contributed by atoms with Gasteiger partial charge in [-0.1, -0.05) is 0 Å². The van der Waals surface area contributed by atoms with Gasteiger partial charge in [0.05, 0.1) is 0 Å². The van der Waals surface area contributed by atoms with E-state index < -0.39 is 16.0 Å². The van der Waals surface area contributed by atoms with Crippen LogP contribution in [0, 0.1) is 19.8 Å². The molecular weight excluding hydrogens is 284 g/mol. The molecule has 1 saturated heterocycles. The van der Waals surface area contributed by atoms with Gasteiger partial charge in [-0.25, -0.2) is 13.2 Å². The SMILES string of the molecule is Cc1[nH]c(C(=O)O)c(C)c1S(=O)(=O)N1CCC(CO)C1. The van der Waals surface area contributed by atoms with Crippen molar-refractivity contribution in [2.24, 2.45) is 5.92 Å². The van der Waals surface area contributed by atoms with E-state index in [1.54, 1.807) is 6.92 Å². The number of aromatic carboxylic acids is 1. The Balaban J connectivity index is 2.43. The van der Waals surface area contributed by atoms with Gasteiger partial charge in [-0.05, 0) is 26.2 Å². The van der Waals surface area contributed by atoms with Crippen LogP contribution in [-0.2, 0) is 10.0 Å². The molecule has 1 aliphatic heterocycles. The third-order valence-corrected chi connectivity index (χ3v) is 5.83. The number of aryl methyl sites for hydroxylation is 1. The van der Waals surface area contributed by atoms with Gasteiger partial charge in [-0.15, -0.1) is 0 Å². The van der Waals surface area contributed by atoms with Crippen molar-refractivity contribution in [2.75, 3.05) is 19.7 Å². The van der Waals surface area contributed by atoms with Crippen molar-refractivity contribution in [1.82, 2.24) is 9.29 Å². The normalized spacial score (nSPS) is 20.4. The molecule has 0 aliphatic carbocycles. The lowest BCUT2D eigenvalue weighted by molar-refractivity contribution is 0.0690. The van der Waals surface area contributed by atoms with E-state index in [0.29, 0.717) is 18.7 Å². The minimum absolute atomic E-state index is 0.0356. The number of rotatable bonds is 4. The third kappa shape index (κ3) is 2.34. The van der Waals surface area contributed by atoms with Crippen LogP contribution in [0.3, 0.4) is 0 Å². The summed E-state index contributed by atoms with van der Waals surface area (Å²) in [5, 5.41) is 18.1. The maximum absolute atomic E-state index is 12.6. The fraction of sp³-hybridized carbons (Fsp3) is 0.583. The Morgan fingerprint density at radius 1 is 1.45 bits per heavy atom. The van der Waals surface area contributed by atoms with Gasteiger partial charge < -0.3 is 15.2 Å². The lowest BCUT2D eigenvalue weighted by Gasteiger charge is -2.16. The number of nitrogens with zero attached hydrogens (tertiary/aromatic N) is 1. The number of carbonyl (C=O) groups is 1. The number of nitrogens with one attached hydrogen (secondary N) is 1. The van der Waals surface area contributed by atoms with Crippen LogP contribution in [0.5, 0.6) is 0 Å². The number of aliphatic hydroxyl groups is 1. The van der Waals surface area contributed by atoms with Gasteiger partial charge in [0.25, 0.3) is 0 Å². The second kappa shape index (κ2) is 5.19. The first kappa shape index (κ1) is 15.0. The van der Waals surface area contributed by atoms with Gasteiger partial charge >= 0.3 is 5.97 Å². The minimum atomic E-state index is -3.73. The number of carboxylic acid groups (broad SMARTS) is 1. The van der Waals surface area contributed by atoms with E-state index in [2.05, 4.69) is 4.98 Å². The summed E-state index contributed by atoms with van der Waals surface area (Å²) in [5.41, 5.74) is 0.453. The van der Waals surface area contributed by atoms with Crippen LogP contribution >= 0.6 is 0 Å². The topological polar surface area (TPSA) is 111 Å². The van der Waals surface area contributed by atoms with Gasteiger partial charge in [-0.3, -0.25) is 0 Å². The standard InChI is InChI=1S/C12H18N2O5S/c1-7-10(12(16)17)13-8(2)11(7)20(18,19)14-4-3-9(5-14)6-15/h9,13,15H,3-6H2,1-2H3,(H,16,17). The summed E-state index contributed by atoms with van der Waals surface area (Å²) in [6.07, 6.45) is 0.615. The predicted octanol–water partition coefficient (Wildman–Crippen LogP) is 0.333. The number of sulfonamides is 1. The van der Waals surface area contributed by atoms with Crippen LogP contribution < -0.4 is 0 Å². The van der Waals surface area contributed by atoms with E-state index in [9.17, 15) is 13.2 Å². The van der Waals surface area contributed by atoms with Crippen LogP contribution in [-0.4, -0.2) is 53.6 Å². The maximum Gasteiger partial charge on any atom is 0.352 e. The molecule has 1 aromatic rings. The van der Waals surface area contributed by atoms with Crippen molar-refractivity contribution in [2.45, 2.75) is 25.2 Å². The average molecular weight is 302 g/mol. The number of hydrogen-bond donors (Lipinski definition) is 3. The van der Waals surface area contributed by atoms with Gasteiger partial charge in [0.1, 0.15) is 10.6 Å². The molecule has 1 fully saturated rings. The molecule has 1 aromatic heterocycles. The molecule has 0 aromatic carbocycles. The zero-order valence-electron chi connectivity index (χ0n) is 11.4. The number of carboxylic acids is 1. The highest BCUT2D eigenvalue weighted by Gasteiger charge is 2.36. The smallest absolute Gasteiger partial charge is 0.352 e. The average Bonchev–Trinajstić information content (AvgIpc) is 2.94. The molecule has 112 valence electrons. The molecule has 2 rings (SSSR count). The van der Waals surface area contributed by atoms with Crippen molar-refractivity contribution in [3.05, 3.63) is 17.0 Å². The fourth-order valence-corrected chi connectivity index (χ4v) is 4.57. The molecule has 0 spiro atoms. The summed E-state index contributed by atoms with van der Waals surface area (Å²) in [7, 11) is -3.73. The van der Waals surface area contributed by atoms with E-state index in [4.69, 9.17) is 10.2 Å². The minimum Gasteiger partial charge on any atom is -0.477 e. The van der Waals surface area contributed by atoms with Crippen molar-refractivity contribution >= 4 is 16.0 Å². The molecule has 0 saturated carbocycles. The van der Waals surface area contributed by atoms with Crippen LogP contribution in [0.2, 0.25) is 0 Å². The predicted molar refractivity (Wildman–Crippen MR) is 71.2 cm³/mol. The number of aliphatic hydroxyl groups excluding tert-OH is 1. The van der Waals surface area contributed by atoms with E-state index in [0.717, 1.165) is 0 Å². The Hall–Kier alpha value is -1.38. The summed E-state index contributed by atoms with van der Waals surface area (Å²) in [4.78, 5) is 13.7. The number of aromatic nitrogens is 1. The van der Waals surface area contributed by atoms with E-state index in [1.165, 1.54) is 11.2 Å². The molecule has 0 bridgehead atoms. The summed E-state index contributed by atoms with van der Waals surface area (Å²) < 4.78 is 26.5. The molecule has 2 heterocycles. The zero-order valence-corrected chi connectivity index (χ0v) is 12.2. The van der Waals surface area contributed by atoms with Crippen LogP contribution in [0.15, 0.2) is 4.90 Å². The number of aromatic amines is 1. The van der Waals surface area contributed by atoms with Crippen LogP contribution in [0.25, 0.3) is 0 Å². The second-order valence-corrected chi connectivity index (χ2v) is 6.96. The Morgan fingerprint density at radius 3 is 2.55 bits per heavy atom. The highest BCUT2D eigenvalue weighted by molar-refractivity contribution is 7.89. The number of hydrogen-bond acceptors (Lipinski definition) is 4. The Kier molecular flexibility index (Phi) is 3.90. The summed E-state index contributed by atoms with van der Waals surface area (Å²) in [6, 6.07) is 0. The molecular formula is C12H18N2O5S. The molecule has 1 unspecified atom stereocenters. The Labute approximate surface area is 117 Å². The van der Waals surface area contributed by atoms with E-state index in [-0.39, 0.29) is 35.2 Å². The first-order chi connectivity index (χ1) is 9.28. The molecule has 1 aliphatic rings. The van der Waals surface area contributed by atoms with Gasteiger partial charge in [0.15, 0.2) is 0 Å². The van der Waals surface area contributed by atoms with Crippen LogP contribution in [0.4, 0.5) is 0 Å². The maximum atomic E-state index is 12.6. The van der Waals surface area contributed by atoms with Crippen molar-refractivity contribution in [1.29, 1.82) is 0 Å². The lowest BCUT2D eigenvalue weighted by Crippen LogP contribution is -2.30. The van der Waals surface area contributed by atoms with Crippen LogP contribution in [0.1, 0.15) is 28.2 Å².